The van der Waals surface area contributed by atoms with Crippen LogP contribution >= 0.6 is 0 Å². The third-order valence-corrected chi connectivity index (χ3v) is 5.70. The van der Waals surface area contributed by atoms with Crippen molar-refractivity contribution in [3.05, 3.63) is 126 Å². The number of nitrogens with one attached hydrogen (secondary N) is 1. The summed E-state index contributed by atoms with van der Waals surface area (Å²) in [7, 11) is 0. The van der Waals surface area contributed by atoms with E-state index in [0.29, 0.717) is 22.5 Å². The molecule has 0 bridgehead atoms. The maximum atomic E-state index is 13.7. The second-order valence-electron chi connectivity index (χ2n) is 7.93. The molecule has 0 unspecified atom stereocenters. The van der Waals surface area contributed by atoms with Gasteiger partial charge in [-0.05, 0) is 37.3 Å². The van der Waals surface area contributed by atoms with E-state index in [-0.39, 0.29) is 11.8 Å². The minimum Gasteiger partial charge on any atom is -0.320 e. The summed E-state index contributed by atoms with van der Waals surface area (Å²) in [5.74, 6) is -0.374. The quantitative estimate of drug-likeness (QED) is 0.351. The molecule has 1 amide bonds. The molecule has 0 aliphatic rings. The Bertz CT molecular complexity index is 1450. The molecular weight excluding hydrogens is 408 g/mol. The largest absolute Gasteiger partial charge is 0.320 e. The number of aryl methyl sites for hydroxylation is 1. The van der Waals surface area contributed by atoms with Gasteiger partial charge < -0.3 is 5.32 Å². The number of aromatic nitrogens is 1. The van der Waals surface area contributed by atoms with Crippen LogP contribution in [0.1, 0.15) is 26.3 Å². The van der Waals surface area contributed by atoms with Crippen LogP contribution in [0.4, 0.5) is 5.69 Å². The number of nitrogens with zero attached hydrogens (tertiary/aromatic N) is 1. The second-order valence-corrected chi connectivity index (χ2v) is 7.93. The lowest BCUT2D eigenvalue weighted by atomic mass is 10.1. The molecule has 5 rings (SSSR count). The Labute approximate surface area is 192 Å². The Balaban J connectivity index is 1.77. The molecule has 0 fully saturated rings. The molecule has 0 saturated heterocycles. The molecule has 1 heterocycles. The average Bonchev–Trinajstić information content (AvgIpc) is 3.19. The molecule has 0 aliphatic heterocycles. The highest BCUT2D eigenvalue weighted by Crippen LogP contribution is 2.39. The fourth-order valence-corrected chi connectivity index (χ4v) is 4.05. The van der Waals surface area contributed by atoms with Gasteiger partial charge in [0.15, 0.2) is 0 Å². The van der Waals surface area contributed by atoms with Crippen molar-refractivity contribution in [1.82, 2.24) is 4.57 Å². The molecule has 4 heteroatoms. The standard InChI is InChI=1S/C29H22N2O2/c1-20-16-18-21(19-17-20)27-26(30-28(32)22-10-4-2-5-11-22)24-14-8-9-15-25(24)31(27)29(33)23-12-6-3-7-13-23/h2-19H,1H3,(H,30,32). The summed E-state index contributed by atoms with van der Waals surface area (Å²) in [6.07, 6.45) is 0. The number of fused-ring (bicyclic) bond motifs is 1. The first kappa shape index (κ1) is 20.5. The number of anilines is 1. The molecule has 0 atom stereocenters. The van der Waals surface area contributed by atoms with E-state index in [4.69, 9.17) is 0 Å². The fraction of sp³-hybridized carbons (Fsp3) is 0.0345. The van der Waals surface area contributed by atoms with E-state index in [1.807, 2.05) is 91.9 Å². The first-order valence-corrected chi connectivity index (χ1v) is 10.8. The van der Waals surface area contributed by atoms with Gasteiger partial charge in [-0.2, -0.15) is 0 Å². The molecule has 0 saturated carbocycles. The van der Waals surface area contributed by atoms with Gasteiger partial charge in [-0.25, -0.2) is 0 Å². The van der Waals surface area contributed by atoms with Gasteiger partial charge in [0.25, 0.3) is 11.8 Å². The SMILES string of the molecule is Cc1ccc(-c2c(NC(=O)c3ccccc3)c3ccccc3n2C(=O)c2ccccc2)cc1. The number of hydrogen-bond acceptors (Lipinski definition) is 2. The number of hydrogen-bond donors (Lipinski definition) is 1. The van der Waals surface area contributed by atoms with E-state index < -0.39 is 0 Å². The predicted octanol–water partition coefficient (Wildman–Crippen LogP) is 6.56. The minimum atomic E-state index is -0.223. The second kappa shape index (κ2) is 8.60. The van der Waals surface area contributed by atoms with Crippen molar-refractivity contribution in [2.24, 2.45) is 0 Å². The highest BCUT2D eigenvalue weighted by Gasteiger charge is 2.24. The number of amides is 1. The lowest BCUT2D eigenvalue weighted by Gasteiger charge is -2.13. The molecule has 5 aromatic rings. The van der Waals surface area contributed by atoms with E-state index in [1.165, 1.54) is 0 Å². The lowest BCUT2D eigenvalue weighted by Crippen LogP contribution is -2.15. The van der Waals surface area contributed by atoms with E-state index >= 15 is 0 Å². The van der Waals surface area contributed by atoms with Crippen molar-refractivity contribution in [3.8, 4) is 11.3 Å². The highest BCUT2D eigenvalue weighted by molar-refractivity contribution is 6.17. The van der Waals surface area contributed by atoms with E-state index in [1.54, 1.807) is 28.8 Å². The third kappa shape index (κ3) is 3.83. The Kier molecular flexibility index (Phi) is 5.33. The van der Waals surface area contributed by atoms with E-state index in [2.05, 4.69) is 5.32 Å². The van der Waals surface area contributed by atoms with Crippen molar-refractivity contribution in [2.75, 3.05) is 5.32 Å². The van der Waals surface area contributed by atoms with E-state index in [9.17, 15) is 9.59 Å². The van der Waals surface area contributed by atoms with Crippen molar-refractivity contribution in [1.29, 1.82) is 0 Å². The van der Waals surface area contributed by atoms with Gasteiger partial charge in [-0.1, -0.05) is 84.4 Å². The summed E-state index contributed by atoms with van der Waals surface area (Å²) in [6, 6.07) is 33.9. The van der Waals surface area contributed by atoms with Gasteiger partial charge in [-0.15, -0.1) is 0 Å². The molecule has 1 N–H and O–H groups in total. The summed E-state index contributed by atoms with van der Waals surface area (Å²) >= 11 is 0. The van der Waals surface area contributed by atoms with Crippen LogP contribution in [0.15, 0.2) is 109 Å². The van der Waals surface area contributed by atoms with Crippen molar-refractivity contribution >= 4 is 28.4 Å². The van der Waals surface area contributed by atoms with Gasteiger partial charge >= 0.3 is 0 Å². The fourth-order valence-electron chi connectivity index (χ4n) is 4.05. The molecule has 4 nitrogen and oxygen atoms in total. The monoisotopic (exact) mass is 430 g/mol. The molecule has 1 aromatic heterocycles. The first-order chi connectivity index (χ1) is 16.1. The lowest BCUT2D eigenvalue weighted by molar-refractivity contribution is 0.0965. The number of rotatable bonds is 4. The molecule has 4 aromatic carbocycles. The maximum absolute atomic E-state index is 13.7. The van der Waals surface area contributed by atoms with Gasteiger partial charge in [0.05, 0.1) is 16.9 Å². The van der Waals surface area contributed by atoms with E-state index in [0.717, 1.165) is 22.0 Å². The summed E-state index contributed by atoms with van der Waals surface area (Å²) in [6.45, 7) is 2.02. The number of carbonyl (C=O) groups is 2. The Morgan fingerprint density at radius 1 is 0.667 bits per heavy atom. The first-order valence-electron chi connectivity index (χ1n) is 10.8. The molecule has 160 valence electrons. The van der Waals surface area contributed by atoms with Crippen molar-refractivity contribution in [2.45, 2.75) is 6.92 Å². The van der Waals surface area contributed by atoms with Crippen LogP contribution in [0.25, 0.3) is 22.2 Å². The summed E-state index contributed by atoms with van der Waals surface area (Å²) in [5.41, 5.74) is 5.12. The molecular formula is C29H22N2O2. The minimum absolute atomic E-state index is 0.150. The van der Waals surface area contributed by atoms with Crippen LogP contribution in [-0.2, 0) is 0 Å². The zero-order chi connectivity index (χ0) is 22.8. The highest BCUT2D eigenvalue weighted by atomic mass is 16.2. The van der Waals surface area contributed by atoms with Gasteiger partial charge in [0.1, 0.15) is 0 Å². The van der Waals surface area contributed by atoms with Crippen molar-refractivity contribution < 1.29 is 9.59 Å². The van der Waals surface area contributed by atoms with Crippen LogP contribution in [0.5, 0.6) is 0 Å². The van der Waals surface area contributed by atoms with Crippen LogP contribution in [0, 0.1) is 6.92 Å². The van der Waals surface area contributed by atoms with Crippen LogP contribution in [0.3, 0.4) is 0 Å². The smallest absolute Gasteiger partial charge is 0.262 e. The number of benzene rings is 4. The maximum Gasteiger partial charge on any atom is 0.262 e. The Hall–Kier alpha value is -4.44. The predicted molar refractivity (Wildman–Crippen MR) is 133 cm³/mol. The number of carbonyl (C=O) groups excluding carboxylic acids is 2. The third-order valence-electron chi connectivity index (χ3n) is 5.70. The summed E-state index contributed by atoms with van der Waals surface area (Å²) < 4.78 is 1.70. The Morgan fingerprint density at radius 2 is 1.24 bits per heavy atom. The molecule has 0 spiro atoms. The van der Waals surface area contributed by atoms with Gasteiger partial charge in [0.2, 0.25) is 0 Å². The summed E-state index contributed by atoms with van der Waals surface area (Å²) in [5, 5.41) is 3.90. The summed E-state index contributed by atoms with van der Waals surface area (Å²) in [4.78, 5) is 26.9. The molecule has 0 aliphatic carbocycles. The van der Waals surface area contributed by atoms with Crippen LogP contribution in [0.2, 0.25) is 0 Å². The zero-order valence-corrected chi connectivity index (χ0v) is 18.2. The van der Waals surface area contributed by atoms with Gasteiger partial charge in [0, 0.05) is 22.1 Å². The zero-order valence-electron chi connectivity index (χ0n) is 18.2. The van der Waals surface area contributed by atoms with Crippen molar-refractivity contribution in [3.63, 3.8) is 0 Å². The molecule has 0 radical (unpaired) electrons. The normalized spacial score (nSPS) is 10.8. The van der Waals surface area contributed by atoms with Gasteiger partial charge in [-0.3, -0.25) is 14.2 Å². The number of para-hydroxylation sites is 1. The Morgan fingerprint density at radius 3 is 1.91 bits per heavy atom. The van der Waals surface area contributed by atoms with Crippen LogP contribution < -0.4 is 5.32 Å². The molecule has 33 heavy (non-hydrogen) atoms. The topological polar surface area (TPSA) is 51.1 Å². The average molecular weight is 431 g/mol. The van der Waals surface area contributed by atoms with Crippen LogP contribution in [-0.4, -0.2) is 16.4 Å².